The van der Waals surface area contributed by atoms with E-state index in [0.29, 0.717) is 40.6 Å². The number of ether oxygens (including phenoxy) is 1. The van der Waals surface area contributed by atoms with Crippen molar-refractivity contribution in [1.82, 2.24) is 19.4 Å². The fraction of sp³-hybridized carbons (Fsp3) is 0.650. The Morgan fingerprint density at radius 1 is 1.26 bits per heavy atom. The first kappa shape index (κ1) is 24.6. The molecule has 2 aromatic rings. The van der Waals surface area contributed by atoms with Crippen molar-refractivity contribution in [2.75, 3.05) is 26.9 Å². The number of methoxy groups -OCH3 is 1. The van der Waals surface area contributed by atoms with Crippen molar-refractivity contribution in [3.63, 3.8) is 0 Å². The number of fused-ring (bicyclic) bond motifs is 1. The lowest BCUT2D eigenvalue weighted by atomic mass is 9.88. The third-order valence-electron chi connectivity index (χ3n) is 6.03. The van der Waals surface area contributed by atoms with Crippen molar-refractivity contribution in [3.8, 4) is 0 Å². The lowest BCUT2D eigenvalue weighted by Crippen LogP contribution is -2.49. The zero-order valence-electron chi connectivity index (χ0n) is 18.5. The van der Waals surface area contributed by atoms with E-state index in [-0.39, 0.29) is 16.9 Å². The van der Waals surface area contributed by atoms with Crippen molar-refractivity contribution in [2.24, 2.45) is 4.99 Å². The Morgan fingerprint density at radius 2 is 1.97 bits per heavy atom. The SMILES string of the molecule is COCNC1=NCCN1Cc1sc2c(c1C)c(=O)n(C1CC(F)(F)C1)c(=O)n2CCC(F)(F)F. The molecule has 3 heterocycles. The highest BCUT2D eigenvalue weighted by atomic mass is 32.1. The number of halogens is 5. The molecule has 1 fully saturated rings. The predicted octanol–water partition coefficient (Wildman–Crippen LogP) is 2.82. The average Bonchev–Trinajstić information content (AvgIpc) is 3.28. The molecule has 188 valence electrons. The number of nitrogens with zero attached hydrogens (tertiary/aromatic N) is 4. The summed E-state index contributed by atoms with van der Waals surface area (Å²) in [4.78, 5) is 33.4. The van der Waals surface area contributed by atoms with Gasteiger partial charge >= 0.3 is 11.9 Å². The van der Waals surface area contributed by atoms with Gasteiger partial charge in [-0.2, -0.15) is 13.2 Å². The van der Waals surface area contributed by atoms with Crippen LogP contribution in [-0.2, 0) is 17.8 Å². The standard InChI is InChI=1S/C20H24F5N5O3S/c1-11-13(9-28-6-4-26-17(28)27-10-33-2)34-16-14(11)15(31)30(12-7-19(21,22)8-12)18(32)29(16)5-3-20(23,24)25/h12H,3-10H2,1-2H3,(H,26,27). The number of alkyl halides is 5. The molecule has 2 aromatic heterocycles. The van der Waals surface area contributed by atoms with Gasteiger partial charge in [-0.15, -0.1) is 11.3 Å². The van der Waals surface area contributed by atoms with Crippen molar-refractivity contribution < 1.29 is 26.7 Å². The number of hydrogen-bond donors (Lipinski definition) is 1. The van der Waals surface area contributed by atoms with Crippen molar-refractivity contribution in [3.05, 3.63) is 31.3 Å². The Bertz CT molecular complexity index is 1220. The van der Waals surface area contributed by atoms with Crippen LogP contribution in [0.1, 0.15) is 35.7 Å². The molecule has 14 heteroatoms. The summed E-state index contributed by atoms with van der Waals surface area (Å²) >= 11 is 1.07. The van der Waals surface area contributed by atoms with Crippen LogP contribution < -0.4 is 16.6 Å². The van der Waals surface area contributed by atoms with Gasteiger partial charge in [-0.3, -0.25) is 18.9 Å². The molecule has 2 aliphatic rings. The molecule has 8 nitrogen and oxygen atoms in total. The molecule has 0 unspecified atom stereocenters. The van der Waals surface area contributed by atoms with E-state index in [1.54, 1.807) is 6.92 Å². The second-order valence-corrected chi connectivity index (χ2v) is 9.54. The van der Waals surface area contributed by atoms with Gasteiger partial charge in [0.25, 0.3) is 11.5 Å². The number of rotatable bonds is 7. The minimum Gasteiger partial charge on any atom is -0.364 e. The average molecular weight is 510 g/mol. The second-order valence-electron chi connectivity index (χ2n) is 8.46. The lowest BCUT2D eigenvalue weighted by molar-refractivity contribution is -0.136. The third kappa shape index (κ3) is 4.69. The first-order chi connectivity index (χ1) is 15.9. The monoisotopic (exact) mass is 509 g/mol. The number of aryl methyl sites for hydroxylation is 2. The fourth-order valence-corrected chi connectivity index (χ4v) is 5.58. The molecule has 4 rings (SSSR count). The van der Waals surface area contributed by atoms with Crippen LogP contribution in [0.15, 0.2) is 14.6 Å². The number of aromatic nitrogens is 2. The smallest absolute Gasteiger partial charge is 0.364 e. The van der Waals surface area contributed by atoms with Crippen LogP contribution in [0.2, 0.25) is 0 Å². The van der Waals surface area contributed by atoms with E-state index in [0.717, 1.165) is 15.9 Å². The highest BCUT2D eigenvalue weighted by molar-refractivity contribution is 7.18. The van der Waals surface area contributed by atoms with E-state index in [1.165, 1.54) is 7.11 Å². The van der Waals surface area contributed by atoms with E-state index in [4.69, 9.17) is 4.74 Å². The Labute approximate surface area is 194 Å². The van der Waals surface area contributed by atoms with E-state index >= 15 is 0 Å². The molecule has 34 heavy (non-hydrogen) atoms. The number of hydrogen-bond acceptors (Lipinski definition) is 7. The summed E-state index contributed by atoms with van der Waals surface area (Å²) in [5.74, 6) is -2.42. The molecule has 1 aliphatic heterocycles. The Balaban J connectivity index is 1.78. The Kier molecular flexibility index (Phi) is 6.48. The van der Waals surface area contributed by atoms with Crippen molar-refractivity contribution in [2.45, 2.75) is 57.4 Å². The zero-order valence-corrected chi connectivity index (χ0v) is 19.4. The highest BCUT2D eigenvalue weighted by Gasteiger charge is 2.48. The van der Waals surface area contributed by atoms with Gasteiger partial charge in [-0.1, -0.05) is 0 Å². The summed E-state index contributed by atoms with van der Waals surface area (Å²) in [6.07, 6.45) is -7.19. The fourth-order valence-electron chi connectivity index (χ4n) is 4.25. The molecule has 0 saturated heterocycles. The van der Waals surface area contributed by atoms with Gasteiger partial charge in [0.1, 0.15) is 11.6 Å². The third-order valence-corrected chi connectivity index (χ3v) is 7.33. The summed E-state index contributed by atoms with van der Waals surface area (Å²) in [5.41, 5.74) is -1.21. The number of nitrogens with one attached hydrogen (secondary N) is 1. The summed E-state index contributed by atoms with van der Waals surface area (Å²) in [7, 11) is 1.52. The second kappa shape index (κ2) is 8.95. The first-order valence-corrected chi connectivity index (χ1v) is 11.5. The summed E-state index contributed by atoms with van der Waals surface area (Å²) in [6.45, 7) is 2.62. The molecule has 0 amide bonds. The van der Waals surface area contributed by atoms with E-state index in [9.17, 15) is 31.5 Å². The zero-order chi connectivity index (χ0) is 24.8. The number of guanidine groups is 1. The molecule has 0 atom stereocenters. The molecule has 0 spiro atoms. The van der Waals surface area contributed by atoms with Crippen LogP contribution in [0, 0.1) is 6.92 Å². The highest BCUT2D eigenvalue weighted by Crippen LogP contribution is 2.44. The minimum absolute atomic E-state index is 0.0968. The van der Waals surface area contributed by atoms with Gasteiger partial charge in [0, 0.05) is 37.9 Å². The molecule has 0 bridgehead atoms. The summed E-state index contributed by atoms with van der Waals surface area (Å²) in [5, 5.41) is 3.11. The van der Waals surface area contributed by atoms with Gasteiger partial charge in [-0.25, -0.2) is 13.6 Å². The lowest BCUT2D eigenvalue weighted by Gasteiger charge is -2.35. The van der Waals surface area contributed by atoms with Gasteiger partial charge in [0.15, 0.2) is 5.96 Å². The maximum atomic E-state index is 13.5. The molecule has 1 N–H and O–H groups in total. The van der Waals surface area contributed by atoms with Gasteiger partial charge in [0.2, 0.25) is 0 Å². The molecular formula is C20H24F5N5O3S. The van der Waals surface area contributed by atoms with E-state index in [1.807, 2.05) is 4.90 Å². The van der Waals surface area contributed by atoms with Crippen LogP contribution >= 0.6 is 11.3 Å². The van der Waals surface area contributed by atoms with E-state index < -0.39 is 55.2 Å². The number of thiophene rings is 1. The van der Waals surface area contributed by atoms with Crippen LogP contribution in [0.3, 0.4) is 0 Å². The maximum absolute atomic E-state index is 13.5. The topological polar surface area (TPSA) is 80.9 Å². The van der Waals surface area contributed by atoms with Crippen LogP contribution in [-0.4, -0.2) is 59.0 Å². The van der Waals surface area contributed by atoms with Gasteiger partial charge < -0.3 is 15.0 Å². The molecular weight excluding hydrogens is 485 g/mol. The number of aliphatic imine (C=N–C) groups is 1. The summed E-state index contributed by atoms with van der Waals surface area (Å²) < 4.78 is 72.5. The molecule has 1 saturated carbocycles. The molecule has 0 radical (unpaired) electrons. The maximum Gasteiger partial charge on any atom is 0.390 e. The van der Waals surface area contributed by atoms with Crippen LogP contribution in [0.4, 0.5) is 22.0 Å². The first-order valence-electron chi connectivity index (χ1n) is 10.7. The van der Waals surface area contributed by atoms with Crippen molar-refractivity contribution in [1.29, 1.82) is 0 Å². The quantitative estimate of drug-likeness (QED) is 0.459. The Morgan fingerprint density at radius 3 is 2.59 bits per heavy atom. The van der Waals surface area contributed by atoms with Crippen molar-refractivity contribution >= 4 is 27.5 Å². The minimum atomic E-state index is -4.53. The Hall–Kier alpha value is -2.48. The van der Waals surface area contributed by atoms with E-state index in [2.05, 4.69) is 10.3 Å². The van der Waals surface area contributed by atoms with Crippen LogP contribution in [0.5, 0.6) is 0 Å². The predicted molar refractivity (Wildman–Crippen MR) is 117 cm³/mol. The summed E-state index contributed by atoms with van der Waals surface area (Å²) in [6, 6.07) is -1.05. The van der Waals surface area contributed by atoms with Gasteiger partial charge in [0.05, 0.1) is 30.9 Å². The van der Waals surface area contributed by atoms with Gasteiger partial charge in [-0.05, 0) is 12.5 Å². The molecule has 1 aliphatic carbocycles. The largest absolute Gasteiger partial charge is 0.390 e. The molecule has 0 aromatic carbocycles. The van der Waals surface area contributed by atoms with Crippen LogP contribution in [0.25, 0.3) is 10.2 Å². The normalized spacial score (nSPS) is 18.4.